The maximum atomic E-state index is 13.1. The number of hydrogen-bond acceptors (Lipinski definition) is 2. The Balaban J connectivity index is 2.02. The molecule has 0 aliphatic heterocycles. The normalized spacial score (nSPS) is 26.4. The number of halogens is 1. The lowest BCUT2D eigenvalue weighted by atomic mass is 10.1. The van der Waals surface area contributed by atoms with Gasteiger partial charge in [-0.05, 0) is 31.0 Å². The summed E-state index contributed by atoms with van der Waals surface area (Å²) < 4.78 is 13.1. The van der Waals surface area contributed by atoms with Crippen molar-refractivity contribution in [3.8, 4) is 0 Å². The Morgan fingerprint density at radius 1 is 1.19 bits per heavy atom. The average Bonchev–Trinajstić information content (AvgIpc) is 2.45. The van der Waals surface area contributed by atoms with Crippen LogP contribution in [0, 0.1) is 5.82 Å². The van der Waals surface area contributed by atoms with Crippen LogP contribution in [0.25, 0.3) is 0 Å². The summed E-state index contributed by atoms with van der Waals surface area (Å²) in [6, 6.07) is 7.07. The molecule has 0 amide bonds. The first-order valence-electron chi connectivity index (χ1n) is 5.93. The van der Waals surface area contributed by atoms with Crippen molar-refractivity contribution in [2.24, 2.45) is 5.73 Å². The topological polar surface area (TPSA) is 26.0 Å². The minimum atomic E-state index is -0.160. The van der Waals surface area contributed by atoms with Gasteiger partial charge in [-0.2, -0.15) is 0 Å². The molecule has 2 atom stereocenters. The predicted molar refractivity (Wildman–Crippen MR) is 67.1 cm³/mol. The van der Waals surface area contributed by atoms with Crippen molar-refractivity contribution < 1.29 is 4.39 Å². The van der Waals surface area contributed by atoms with Crippen LogP contribution in [0.15, 0.2) is 29.2 Å². The Labute approximate surface area is 101 Å². The molecule has 0 aromatic heterocycles. The van der Waals surface area contributed by atoms with Crippen molar-refractivity contribution in [3.63, 3.8) is 0 Å². The molecule has 1 aliphatic rings. The monoisotopic (exact) mass is 239 g/mol. The maximum Gasteiger partial charge on any atom is 0.124 e. The van der Waals surface area contributed by atoms with Crippen LogP contribution < -0.4 is 5.73 Å². The Hall–Kier alpha value is -0.540. The lowest BCUT2D eigenvalue weighted by molar-refractivity contribution is 0.595. The van der Waals surface area contributed by atoms with E-state index in [1.165, 1.54) is 25.3 Å². The van der Waals surface area contributed by atoms with Gasteiger partial charge in [-0.25, -0.2) is 4.39 Å². The molecule has 1 aromatic carbocycles. The van der Waals surface area contributed by atoms with Crippen molar-refractivity contribution in [2.75, 3.05) is 0 Å². The van der Waals surface area contributed by atoms with Crippen LogP contribution in [0.2, 0.25) is 0 Å². The van der Waals surface area contributed by atoms with Gasteiger partial charge < -0.3 is 5.73 Å². The fraction of sp³-hybridized carbons (Fsp3) is 0.538. The third-order valence-electron chi connectivity index (χ3n) is 3.09. The molecule has 88 valence electrons. The van der Waals surface area contributed by atoms with Gasteiger partial charge in [0.15, 0.2) is 0 Å². The standard InChI is InChI=1S/C13H18FNS/c14-10-5-4-6-11(9-10)16-13-8-3-1-2-7-12(13)15/h4-6,9,12-13H,1-3,7-8,15H2. The molecule has 0 heterocycles. The van der Waals surface area contributed by atoms with E-state index >= 15 is 0 Å². The van der Waals surface area contributed by atoms with Gasteiger partial charge in [0.1, 0.15) is 5.82 Å². The number of thioether (sulfide) groups is 1. The molecule has 1 aliphatic carbocycles. The quantitative estimate of drug-likeness (QED) is 0.798. The lowest BCUT2D eigenvalue weighted by Gasteiger charge is -2.20. The van der Waals surface area contributed by atoms with Crippen LogP contribution in [-0.4, -0.2) is 11.3 Å². The molecule has 3 heteroatoms. The van der Waals surface area contributed by atoms with E-state index in [1.54, 1.807) is 23.9 Å². The highest BCUT2D eigenvalue weighted by atomic mass is 32.2. The molecular formula is C13H18FNS. The van der Waals surface area contributed by atoms with Gasteiger partial charge in [0, 0.05) is 16.2 Å². The molecule has 1 saturated carbocycles. The van der Waals surface area contributed by atoms with Crippen molar-refractivity contribution >= 4 is 11.8 Å². The Kier molecular flexibility index (Phi) is 4.24. The first-order chi connectivity index (χ1) is 7.75. The molecule has 2 unspecified atom stereocenters. The highest BCUT2D eigenvalue weighted by Gasteiger charge is 2.21. The summed E-state index contributed by atoms with van der Waals surface area (Å²) in [6.45, 7) is 0. The van der Waals surface area contributed by atoms with Crippen LogP contribution in [0.4, 0.5) is 4.39 Å². The highest BCUT2D eigenvalue weighted by molar-refractivity contribution is 8.00. The minimum absolute atomic E-state index is 0.160. The third kappa shape index (κ3) is 3.22. The second kappa shape index (κ2) is 5.69. The minimum Gasteiger partial charge on any atom is -0.327 e. The summed E-state index contributed by atoms with van der Waals surface area (Å²) >= 11 is 1.74. The Bertz CT molecular complexity index is 342. The maximum absolute atomic E-state index is 13.1. The zero-order valence-corrected chi connectivity index (χ0v) is 10.2. The lowest BCUT2D eigenvalue weighted by Crippen LogP contribution is -2.31. The third-order valence-corrected chi connectivity index (χ3v) is 4.50. The SMILES string of the molecule is NC1CCCCCC1Sc1cccc(F)c1. The van der Waals surface area contributed by atoms with E-state index in [4.69, 9.17) is 5.73 Å². The van der Waals surface area contributed by atoms with E-state index < -0.39 is 0 Å². The molecule has 1 aromatic rings. The van der Waals surface area contributed by atoms with Crippen molar-refractivity contribution in [1.82, 2.24) is 0 Å². The molecule has 0 radical (unpaired) electrons. The zero-order valence-electron chi connectivity index (χ0n) is 9.36. The van der Waals surface area contributed by atoms with Gasteiger partial charge in [-0.1, -0.05) is 25.3 Å². The Morgan fingerprint density at radius 3 is 2.81 bits per heavy atom. The predicted octanol–water partition coefficient (Wildman–Crippen LogP) is 3.58. The largest absolute Gasteiger partial charge is 0.327 e. The van der Waals surface area contributed by atoms with Gasteiger partial charge in [0.2, 0.25) is 0 Å². The first kappa shape index (κ1) is 11.9. The molecule has 0 saturated heterocycles. The second-order valence-corrected chi connectivity index (χ2v) is 5.73. The molecule has 0 bridgehead atoms. The second-order valence-electron chi connectivity index (χ2n) is 4.42. The van der Waals surface area contributed by atoms with E-state index in [1.807, 2.05) is 6.07 Å². The summed E-state index contributed by atoms with van der Waals surface area (Å²) in [6.07, 6.45) is 6.03. The van der Waals surface area contributed by atoms with Crippen molar-refractivity contribution in [1.29, 1.82) is 0 Å². The molecule has 2 rings (SSSR count). The first-order valence-corrected chi connectivity index (χ1v) is 6.81. The van der Waals surface area contributed by atoms with Crippen LogP contribution in [0.1, 0.15) is 32.1 Å². The fourth-order valence-electron chi connectivity index (χ4n) is 2.16. The zero-order chi connectivity index (χ0) is 11.4. The van der Waals surface area contributed by atoms with Crippen LogP contribution in [0.5, 0.6) is 0 Å². The molecule has 16 heavy (non-hydrogen) atoms. The molecule has 1 fully saturated rings. The highest BCUT2D eigenvalue weighted by Crippen LogP contribution is 2.32. The Morgan fingerprint density at radius 2 is 2.00 bits per heavy atom. The van der Waals surface area contributed by atoms with Crippen LogP contribution in [-0.2, 0) is 0 Å². The van der Waals surface area contributed by atoms with Gasteiger partial charge in [0.05, 0.1) is 0 Å². The van der Waals surface area contributed by atoms with Crippen LogP contribution >= 0.6 is 11.8 Å². The van der Waals surface area contributed by atoms with E-state index in [9.17, 15) is 4.39 Å². The van der Waals surface area contributed by atoms with Crippen molar-refractivity contribution in [2.45, 2.75) is 48.3 Å². The van der Waals surface area contributed by atoms with Gasteiger partial charge in [-0.3, -0.25) is 0 Å². The number of rotatable bonds is 2. The van der Waals surface area contributed by atoms with Gasteiger partial charge in [0.25, 0.3) is 0 Å². The van der Waals surface area contributed by atoms with Crippen LogP contribution in [0.3, 0.4) is 0 Å². The van der Waals surface area contributed by atoms with E-state index in [-0.39, 0.29) is 11.9 Å². The van der Waals surface area contributed by atoms with Gasteiger partial charge in [-0.15, -0.1) is 11.8 Å². The molecule has 2 N–H and O–H groups in total. The number of benzene rings is 1. The van der Waals surface area contributed by atoms with E-state index in [2.05, 4.69) is 0 Å². The summed E-state index contributed by atoms with van der Waals surface area (Å²) in [4.78, 5) is 1.00. The van der Waals surface area contributed by atoms with E-state index in [0.717, 1.165) is 17.7 Å². The molecular weight excluding hydrogens is 221 g/mol. The summed E-state index contributed by atoms with van der Waals surface area (Å²) in [7, 11) is 0. The van der Waals surface area contributed by atoms with E-state index in [0.29, 0.717) is 5.25 Å². The van der Waals surface area contributed by atoms with Crippen molar-refractivity contribution in [3.05, 3.63) is 30.1 Å². The summed E-state index contributed by atoms with van der Waals surface area (Å²) in [5, 5.41) is 0.448. The smallest absolute Gasteiger partial charge is 0.124 e. The average molecular weight is 239 g/mol. The van der Waals surface area contributed by atoms with Gasteiger partial charge >= 0.3 is 0 Å². The number of hydrogen-bond donors (Lipinski definition) is 1. The summed E-state index contributed by atoms with van der Waals surface area (Å²) in [5.74, 6) is -0.160. The fourth-order valence-corrected chi connectivity index (χ4v) is 3.45. The summed E-state index contributed by atoms with van der Waals surface area (Å²) in [5.41, 5.74) is 6.15. The molecule has 0 spiro atoms. The number of nitrogens with two attached hydrogens (primary N) is 1. The molecule has 1 nitrogen and oxygen atoms in total.